The van der Waals surface area contributed by atoms with Crippen LogP contribution in [0.25, 0.3) is 0 Å². The van der Waals surface area contributed by atoms with Crippen molar-refractivity contribution in [2.45, 2.75) is 60.0 Å². The molecule has 0 aliphatic rings. The molecule has 0 radical (unpaired) electrons. The van der Waals surface area contributed by atoms with Crippen LogP contribution in [0.2, 0.25) is 0 Å². The SMILES string of the molecule is CCCCn1nc(C)c(CNCCC)c1C. The summed E-state index contributed by atoms with van der Waals surface area (Å²) >= 11 is 0. The van der Waals surface area contributed by atoms with Crippen molar-refractivity contribution < 1.29 is 0 Å². The van der Waals surface area contributed by atoms with Gasteiger partial charge in [-0.3, -0.25) is 4.68 Å². The predicted molar refractivity (Wildman–Crippen MR) is 68.6 cm³/mol. The maximum atomic E-state index is 4.60. The molecule has 1 N–H and O–H groups in total. The van der Waals surface area contributed by atoms with E-state index in [-0.39, 0.29) is 0 Å². The minimum absolute atomic E-state index is 0.956. The molecule has 1 aromatic heterocycles. The number of nitrogens with zero attached hydrogens (tertiary/aromatic N) is 2. The lowest BCUT2D eigenvalue weighted by Crippen LogP contribution is -2.15. The van der Waals surface area contributed by atoms with Crippen molar-refractivity contribution in [3.05, 3.63) is 17.0 Å². The van der Waals surface area contributed by atoms with Crippen LogP contribution in [-0.4, -0.2) is 16.3 Å². The average Bonchev–Trinajstić information content (AvgIpc) is 2.54. The summed E-state index contributed by atoms with van der Waals surface area (Å²) in [7, 11) is 0. The van der Waals surface area contributed by atoms with Gasteiger partial charge in [-0.1, -0.05) is 20.3 Å². The Kier molecular flexibility index (Phi) is 5.53. The second-order valence-electron chi connectivity index (χ2n) is 4.40. The lowest BCUT2D eigenvalue weighted by Gasteiger charge is -2.05. The molecule has 0 fully saturated rings. The minimum atomic E-state index is 0.956. The Bertz CT molecular complexity index is 315. The summed E-state index contributed by atoms with van der Waals surface area (Å²) in [4.78, 5) is 0. The van der Waals surface area contributed by atoms with Gasteiger partial charge in [-0.05, 0) is 33.2 Å². The molecule has 0 aliphatic carbocycles. The van der Waals surface area contributed by atoms with E-state index < -0.39 is 0 Å². The van der Waals surface area contributed by atoms with Gasteiger partial charge in [0.15, 0.2) is 0 Å². The van der Waals surface area contributed by atoms with Crippen molar-refractivity contribution in [3.8, 4) is 0 Å². The fourth-order valence-electron chi connectivity index (χ4n) is 1.91. The Morgan fingerprint density at radius 3 is 2.56 bits per heavy atom. The normalized spacial score (nSPS) is 11.0. The molecule has 0 saturated heterocycles. The Labute approximate surface area is 99.2 Å². The van der Waals surface area contributed by atoms with Crippen LogP contribution in [0.1, 0.15) is 50.1 Å². The van der Waals surface area contributed by atoms with Crippen LogP contribution < -0.4 is 5.32 Å². The Morgan fingerprint density at radius 1 is 1.19 bits per heavy atom. The third-order valence-electron chi connectivity index (χ3n) is 2.98. The highest BCUT2D eigenvalue weighted by molar-refractivity contribution is 5.24. The first-order chi connectivity index (χ1) is 7.70. The van der Waals surface area contributed by atoms with Gasteiger partial charge in [-0.2, -0.15) is 5.10 Å². The van der Waals surface area contributed by atoms with Crippen molar-refractivity contribution in [1.29, 1.82) is 0 Å². The van der Waals surface area contributed by atoms with Gasteiger partial charge in [0.25, 0.3) is 0 Å². The van der Waals surface area contributed by atoms with Crippen LogP contribution >= 0.6 is 0 Å². The molecular weight excluding hydrogens is 198 g/mol. The summed E-state index contributed by atoms with van der Waals surface area (Å²) in [5.41, 5.74) is 3.89. The molecule has 0 aliphatic heterocycles. The maximum Gasteiger partial charge on any atom is 0.0641 e. The Morgan fingerprint density at radius 2 is 1.94 bits per heavy atom. The minimum Gasteiger partial charge on any atom is -0.313 e. The van der Waals surface area contributed by atoms with E-state index >= 15 is 0 Å². The molecule has 16 heavy (non-hydrogen) atoms. The second kappa shape index (κ2) is 6.69. The molecule has 1 heterocycles. The van der Waals surface area contributed by atoms with Crippen LogP contribution in [0.5, 0.6) is 0 Å². The Hall–Kier alpha value is -0.830. The summed E-state index contributed by atoms with van der Waals surface area (Å²) in [6.45, 7) is 11.8. The molecule has 3 nitrogen and oxygen atoms in total. The van der Waals surface area contributed by atoms with E-state index in [4.69, 9.17) is 0 Å². The van der Waals surface area contributed by atoms with Gasteiger partial charge in [-0.25, -0.2) is 0 Å². The number of aromatic nitrogens is 2. The highest BCUT2D eigenvalue weighted by atomic mass is 15.3. The van der Waals surface area contributed by atoms with E-state index in [2.05, 4.69) is 42.8 Å². The summed E-state index contributed by atoms with van der Waals surface area (Å²) in [6, 6.07) is 0. The van der Waals surface area contributed by atoms with Crippen LogP contribution in [0.4, 0.5) is 0 Å². The van der Waals surface area contributed by atoms with Gasteiger partial charge in [0, 0.05) is 24.3 Å². The molecule has 1 aromatic rings. The van der Waals surface area contributed by atoms with Gasteiger partial charge in [0.05, 0.1) is 5.69 Å². The zero-order valence-electron chi connectivity index (χ0n) is 11.1. The van der Waals surface area contributed by atoms with Crippen LogP contribution in [0.15, 0.2) is 0 Å². The maximum absolute atomic E-state index is 4.60. The predicted octanol–water partition coefficient (Wildman–Crippen LogP) is 2.80. The Balaban J connectivity index is 2.65. The van der Waals surface area contributed by atoms with Crippen LogP contribution in [-0.2, 0) is 13.1 Å². The second-order valence-corrected chi connectivity index (χ2v) is 4.40. The van der Waals surface area contributed by atoms with Crippen molar-refractivity contribution in [3.63, 3.8) is 0 Å². The largest absolute Gasteiger partial charge is 0.313 e. The number of unbranched alkanes of at least 4 members (excludes halogenated alkanes) is 1. The van der Waals surface area contributed by atoms with E-state index in [1.54, 1.807) is 0 Å². The molecule has 0 atom stereocenters. The highest BCUT2D eigenvalue weighted by Crippen LogP contribution is 2.13. The number of nitrogens with one attached hydrogen (secondary N) is 1. The average molecular weight is 223 g/mol. The van der Waals surface area contributed by atoms with Crippen molar-refractivity contribution in [2.24, 2.45) is 0 Å². The molecular formula is C13H25N3. The molecule has 0 unspecified atom stereocenters. The molecule has 0 amide bonds. The molecule has 0 bridgehead atoms. The third kappa shape index (κ3) is 3.34. The van der Waals surface area contributed by atoms with Gasteiger partial charge in [-0.15, -0.1) is 0 Å². The molecule has 0 saturated carbocycles. The smallest absolute Gasteiger partial charge is 0.0641 e. The fraction of sp³-hybridized carbons (Fsp3) is 0.769. The number of hydrogen-bond acceptors (Lipinski definition) is 2. The zero-order chi connectivity index (χ0) is 12.0. The monoisotopic (exact) mass is 223 g/mol. The van der Waals surface area contributed by atoms with E-state index in [9.17, 15) is 0 Å². The molecule has 0 aromatic carbocycles. The lowest BCUT2D eigenvalue weighted by atomic mass is 10.2. The third-order valence-corrected chi connectivity index (χ3v) is 2.98. The number of rotatable bonds is 7. The first-order valence-corrected chi connectivity index (χ1v) is 6.44. The fourth-order valence-corrected chi connectivity index (χ4v) is 1.91. The summed E-state index contributed by atoms with van der Waals surface area (Å²) in [6.07, 6.45) is 3.62. The topological polar surface area (TPSA) is 29.9 Å². The van der Waals surface area contributed by atoms with Crippen LogP contribution in [0, 0.1) is 13.8 Å². The van der Waals surface area contributed by atoms with E-state index in [1.165, 1.54) is 36.2 Å². The number of hydrogen-bond donors (Lipinski definition) is 1. The lowest BCUT2D eigenvalue weighted by molar-refractivity contribution is 0.554. The van der Waals surface area contributed by atoms with Crippen molar-refractivity contribution in [2.75, 3.05) is 6.54 Å². The summed E-state index contributed by atoms with van der Waals surface area (Å²) in [5.74, 6) is 0. The molecule has 1 rings (SSSR count). The van der Waals surface area contributed by atoms with Gasteiger partial charge in [0.2, 0.25) is 0 Å². The van der Waals surface area contributed by atoms with Gasteiger partial charge in [0.1, 0.15) is 0 Å². The van der Waals surface area contributed by atoms with Crippen molar-refractivity contribution >= 4 is 0 Å². The van der Waals surface area contributed by atoms with Gasteiger partial charge >= 0.3 is 0 Å². The van der Waals surface area contributed by atoms with Gasteiger partial charge < -0.3 is 5.32 Å². The van der Waals surface area contributed by atoms with Crippen molar-refractivity contribution in [1.82, 2.24) is 15.1 Å². The molecule has 3 heteroatoms. The standard InChI is InChI=1S/C13H25N3/c1-5-7-9-16-12(4)13(11(3)15-16)10-14-8-6-2/h14H,5-10H2,1-4H3. The quantitative estimate of drug-likeness (QED) is 0.720. The zero-order valence-corrected chi connectivity index (χ0v) is 11.1. The molecule has 0 spiro atoms. The van der Waals surface area contributed by atoms with Crippen LogP contribution in [0.3, 0.4) is 0 Å². The van der Waals surface area contributed by atoms with E-state index in [0.717, 1.165) is 19.6 Å². The van der Waals surface area contributed by atoms with E-state index in [0.29, 0.717) is 0 Å². The molecule has 92 valence electrons. The first kappa shape index (κ1) is 13.2. The summed E-state index contributed by atoms with van der Waals surface area (Å²) in [5, 5.41) is 8.05. The summed E-state index contributed by atoms with van der Waals surface area (Å²) < 4.78 is 2.15. The highest BCUT2D eigenvalue weighted by Gasteiger charge is 2.10. The van der Waals surface area contributed by atoms with E-state index in [1.807, 2.05) is 0 Å². The first-order valence-electron chi connectivity index (χ1n) is 6.44. The number of aryl methyl sites for hydroxylation is 2.